The topological polar surface area (TPSA) is 68.4 Å². The maximum atomic E-state index is 12.7. The fourth-order valence-electron chi connectivity index (χ4n) is 1.60. The van der Waals surface area contributed by atoms with Gasteiger partial charge in [-0.3, -0.25) is 4.79 Å². The van der Waals surface area contributed by atoms with Crippen LogP contribution in [0.5, 0.6) is 5.75 Å². The van der Waals surface area contributed by atoms with E-state index in [1.54, 1.807) is 4.98 Å². The SMILES string of the molecule is CCOC(=O)c1c(C)c(C(F)(F)F)[nH]c(=O)c1OC. The first-order valence-electron chi connectivity index (χ1n) is 5.29. The van der Waals surface area contributed by atoms with Crippen molar-refractivity contribution in [1.82, 2.24) is 4.98 Å². The summed E-state index contributed by atoms with van der Waals surface area (Å²) in [6.07, 6.45) is -4.78. The Morgan fingerprint density at radius 3 is 2.37 bits per heavy atom. The van der Waals surface area contributed by atoms with Crippen LogP contribution < -0.4 is 10.3 Å². The van der Waals surface area contributed by atoms with Gasteiger partial charge >= 0.3 is 12.1 Å². The Bertz CT molecular complexity index is 548. The van der Waals surface area contributed by atoms with E-state index in [4.69, 9.17) is 0 Å². The lowest BCUT2D eigenvalue weighted by atomic mass is 10.1. The number of aromatic nitrogens is 1. The second kappa shape index (κ2) is 5.33. The van der Waals surface area contributed by atoms with Gasteiger partial charge in [0, 0.05) is 0 Å². The van der Waals surface area contributed by atoms with Crippen LogP contribution in [0.15, 0.2) is 4.79 Å². The highest BCUT2D eigenvalue weighted by Gasteiger charge is 2.37. The Hall–Kier alpha value is -1.99. The molecular formula is C11H12F3NO4. The number of alkyl halides is 3. The molecule has 1 N–H and O–H groups in total. The summed E-state index contributed by atoms with van der Waals surface area (Å²) in [6, 6.07) is 0. The molecule has 0 aliphatic rings. The van der Waals surface area contributed by atoms with Crippen LogP contribution >= 0.6 is 0 Å². The zero-order valence-corrected chi connectivity index (χ0v) is 10.5. The Kier molecular flexibility index (Phi) is 4.23. The largest absolute Gasteiger partial charge is 0.490 e. The van der Waals surface area contributed by atoms with Crippen molar-refractivity contribution >= 4 is 5.97 Å². The maximum absolute atomic E-state index is 12.7. The van der Waals surface area contributed by atoms with Gasteiger partial charge in [0.05, 0.1) is 13.7 Å². The van der Waals surface area contributed by atoms with Gasteiger partial charge in [-0.25, -0.2) is 4.79 Å². The molecule has 0 saturated heterocycles. The summed E-state index contributed by atoms with van der Waals surface area (Å²) in [5.74, 6) is -1.53. The molecule has 1 heterocycles. The summed E-state index contributed by atoms with van der Waals surface area (Å²) in [6.45, 7) is 2.53. The van der Waals surface area contributed by atoms with E-state index in [1.165, 1.54) is 6.92 Å². The average Bonchev–Trinajstić information content (AvgIpc) is 2.29. The van der Waals surface area contributed by atoms with Crippen molar-refractivity contribution in [2.24, 2.45) is 0 Å². The first-order valence-corrected chi connectivity index (χ1v) is 5.29. The van der Waals surface area contributed by atoms with Gasteiger partial charge in [-0.2, -0.15) is 13.2 Å². The lowest BCUT2D eigenvalue weighted by Crippen LogP contribution is -2.24. The molecule has 0 aromatic carbocycles. The van der Waals surface area contributed by atoms with E-state index in [2.05, 4.69) is 9.47 Å². The Balaban J connectivity index is 3.62. The molecule has 0 radical (unpaired) electrons. The number of halogens is 3. The molecule has 0 bridgehead atoms. The van der Waals surface area contributed by atoms with Gasteiger partial charge < -0.3 is 14.5 Å². The first-order chi connectivity index (χ1) is 8.73. The molecule has 1 aromatic heterocycles. The number of esters is 1. The third kappa shape index (κ3) is 2.88. The molecule has 8 heteroatoms. The zero-order chi connectivity index (χ0) is 14.8. The van der Waals surface area contributed by atoms with Crippen molar-refractivity contribution in [2.45, 2.75) is 20.0 Å². The number of hydrogen-bond acceptors (Lipinski definition) is 4. The van der Waals surface area contributed by atoms with Crippen LogP contribution in [-0.2, 0) is 10.9 Å². The molecule has 0 unspecified atom stereocenters. The molecule has 0 amide bonds. The quantitative estimate of drug-likeness (QED) is 0.858. The number of ether oxygens (including phenoxy) is 2. The number of aromatic amines is 1. The molecule has 0 atom stereocenters. The van der Waals surface area contributed by atoms with E-state index in [0.29, 0.717) is 0 Å². The van der Waals surface area contributed by atoms with Crippen LogP contribution in [0.3, 0.4) is 0 Å². The lowest BCUT2D eigenvalue weighted by Gasteiger charge is -2.15. The van der Waals surface area contributed by atoms with Crippen LogP contribution in [0.1, 0.15) is 28.5 Å². The van der Waals surface area contributed by atoms with Crippen LogP contribution in [-0.4, -0.2) is 24.7 Å². The van der Waals surface area contributed by atoms with Crippen molar-refractivity contribution < 1.29 is 27.4 Å². The Morgan fingerprint density at radius 1 is 1.37 bits per heavy atom. The number of pyridine rings is 1. The number of nitrogens with one attached hydrogen (secondary N) is 1. The monoisotopic (exact) mass is 279 g/mol. The third-order valence-corrected chi connectivity index (χ3v) is 2.39. The van der Waals surface area contributed by atoms with Gasteiger partial charge in [-0.05, 0) is 19.4 Å². The minimum Gasteiger partial charge on any atom is -0.490 e. The van der Waals surface area contributed by atoms with E-state index in [9.17, 15) is 22.8 Å². The fourth-order valence-corrected chi connectivity index (χ4v) is 1.60. The molecule has 106 valence electrons. The van der Waals surface area contributed by atoms with Gasteiger partial charge in [0.1, 0.15) is 11.3 Å². The van der Waals surface area contributed by atoms with Gasteiger partial charge in [-0.1, -0.05) is 0 Å². The van der Waals surface area contributed by atoms with Crippen LogP contribution in [0.25, 0.3) is 0 Å². The number of methoxy groups -OCH3 is 1. The molecule has 0 spiro atoms. The highest BCUT2D eigenvalue weighted by molar-refractivity contribution is 5.94. The average molecular weight is 279 g/mol. The number of rotatable bonds is 3. The van der Waals surface area contributed by atoms with Crippen molar-refractivity contribution in [3.05, 3.63) is 27.2 Å². The number of hydrogen-bond donors (Lipinski definition) is 1. The van der Waals surface area contributed by atoms with Gasteiger partial charge in [0.2, 0.25) is 0 Å². The number of carbonyl (C=O) groups excluding carboxylic acids is 1. The van der Waals surface area contributed by atoms with Crippen LogP contribution in [0, 0.1) is 6.92 Å². The summed E-state index contributed by atoms with van der Waals surface area (Å²) in [5.41, 5.74) is -3.38. The number of carbonyl (C=O) groups is 1. The van der Waals surface area contributed by atoms with Crippen LogP contribution in [0.2, 0.25) is 0 Å². The molecule has 19 heavy (non-hydrogen) atoms. The molecular weight excluding hydrogens is 267 g/mol. The van der Waals surface area contributed by atoms with Crippen molar-refractivity contribution in [2.75, 3.05) is 13.7 Å². The predicted molar refractivity (Wildman–Crippen MR) is 59.3 cm³/mol. The zero-order valence-electron chi connectivity index (χ0n) is 10.5. The fraction of sp³-hybridized carbons (Fsp3) is 0.455. The molecule has 1 aromatic rings. The Morgan fingerprint density at radius 2 is 1.95 bits per heavy atom. The second-order valence-electron chi connectivity index (χ2n) is 3.58. The molecule has 5 nitrogen and oxygen atoms in total. The molecule has 0 fully saturated rings. The van der Waals surface area contributed by atoms with E-state index in [1.807, 2.05) is 0 Å². The lowest BCUT2D eigenvalue weighted by molar-refractivity contribution is -0.141. The van der Waals surface area contributed by atoms with Crippen LogP contribution in [0.4, 0.5) is 13.2 Å². The van der Waals surface area contributed by atoms with Gasteiger partial charge in [0.25, 0.3) is 5.56 Å². The van der Waals surface area contributed by atoms with E-state index < -0.39 is 40.3 Å². The van der Waals surface area contributed by atoms with Crippen molar-refractivity contribution in [3.63, 3.8) is 0 Å². The minimum absolute atomic E-state index is 0.0322. The van der Waals surface area contributed by atoms with Crippen molar-refractivity contribution in [3.8, 4) is 5.75 Å². The van der Waals surface area contributed by atoms with Crippen molar-refractivity contribution in [1.29, 1.82) is 0 Å². The molecule has 0 saturated carbocycles. The highest BCUT2D eigenvalue weighted by Crippen LogP contribution is 2.32. The smallest absolute Gasteiger partial charge is 0.431 e. The summed E-state index contributed by atoms with van der Waals surface area (Å²) < 4.78 is 47.5. The highest BCUT2D eigenvalue weighted by atomic mass is 19.4. The van der Waals surface area contributed by atoms with Gasteiger partial charge in [0.15, 0.2) is 5.75 Å². The predicted octanol–water partition coefficient (Wildman–Crippen LogP) is 1.89. The van der Waals surface area contributed by atoms with E-state index in [-0.39, 0.29) is 6.61 Å². The van der Waals surface area contributed by atoms with E-state index in [0.717, 1.165) is 14.0 Å². The molecule has 0 aliphatic heterocycles. The van der Waals surface area contributed by atoms with Gasteiger partial charge in [-0.15, -0.1) is 0 Å². The Labute approximate surface area is 106 Å². The second-order valence-corrected chi connectivity index (χ2v) is 3.58. The number of H-pyrrole nitrogens is 1. The summed E-state index contributed by atoms with van der Waals surface area (Å²) in [5, 5.41) is 0. The minimum atomic E-state index is -4.78. The first kappa shape index (κ1) is 15.1. The summed E-state index contributed by atoms with van der Waals surface area (Å²) >= 11 is 0. The normalized spacial score (nSPS) is 11.3. The summed E-state index contributed by atoms with van der Waals surface area (Å²) in [7, 11) is 1.08. The third-order valence-electron chi connectivity index (χ3n) is 2.39. The molecule has 1 rings (SSSR count). The standard InChI is InChI=1S/C11H12F3NO4/c1-4-19-10(17)6-5(2)8(11(12,13)14)15-9(16)7(6)18-3/h4H2,1-3H3,(H,15,16). The van der Waals surface area contributed by atoms with E-state index >= 15 is 0 Å². The maximum Gasteiger partial charge on any atom is 0.431 e. The summed E-state index contributed by atoms with van der Waals surface area (Å²) in [4.78, 5) is 24.8. The molecule has 0 aliphatic carbocycles.